The van der Waals surface area contributed by atoms with Gasteiger partial charge in [0.25, 0.3) is 5.56 Å². The Balaban J connectivity index is 1.24. The highest BCUT2D eigenvalue weighted by atomic mass is 32.5. The van der Waals surface area contributed by atoms with Crippen molar-refractivity contribution in [2.24, 2.45) is 0 Å². The molecule has 2 aliphatic rings. The molecule has 0 amide bonds. The smallest absolute Gasteiger partial charge is 0.325 e. The van der Waals surface area contributed by atoms with E-state index in [2.05, 4.69) is 35.8 Å². The minimum atomic E-state index is -4.46. The zero-order valence-electron chi connectivity index (χ0n) is 22.2. The highest BCUT2D eigenvalue weighted by Gasteiger charge is 2.60. The number of nitrogen functional groups attached to an aromatic ring is 2. The molecule has 4 aromatic rings. The van der Waals surface area contributed by atoms with Crippen LogP contribution in [0.1, 0.15) is 6.23 Å². The Morgan fingerprint density at radius 1 is 1.27 bits per heavy atom. The normalized spacial score (nSPS) is 31.9. The number of terminal acetylenes is 1. The van der Waals surface area contributed by atoms with Crippen LogP contribution in [-0.2, 0) is 36.1 Å². The van der Waals surface area contributed by atoms with Crippen molar-refractivity contribution >= 4 is 52.6 Å². The van der Waals surface area contributed by atoms with Gasteiger partial charge in [0.15, 0.2) is 46.4 Å². The van der Waals surface area contributed by atoms with Crippen LogP contribution in [0, 0.1) is 12.3 Å². The van der Waals surface area contributed by atoms with E-state index in [4.69, 9.17) is 48.2 Å². The van der Waals surface area contributed by atoms with Gasteiger partial charge in [-0.25, -0.2) is 24.3 Å². The molecule has 2 saturated heterocycles. The van der Waals surface area contributed by atoms with Crippen LogP contribution < -0.4 is 17.0 Å². The van der Waals surface area contributed by atoms with Crippen LogP contribution in [0.2, 0.25) is 0 Å². The Hall–Kier alpha value is -3.68. The average molecular weight is 655 g/mol. The van der Waals surface area contributed by atoms with Crippen molar-refractivity contribution in [3.05, 3.63) is 29.3 Å². The molecule has 234 valence electrons. The van der Waals surface area contributed by atoms with Crippen molar-refractivity contribution in [3.8, 4) is 12.3 Å². The molecule has 0 saturated carbocycles. The summed E-state index contributed by atoms with van der Waals surface area (Å²) >= 11 is 5.12. The highest BCUT2D eigenvalue weighted by molar-refractivity contribution is 8.07. The maximum Gasteiger partial charge on any atom is 0.325 e. The van der Waals surface area contributed by atoms with Crippen LogP contribution in [0.3, 0.4) is 0 Å². The van der Waals surface area contributed by atoms with Crippen molar-refractivity contribution in [1.29, 1.82) is 0 Å². The quantitative estimate of drug-likeness (QED) is 0.0756. The SMILES string of the molecule is C#C[C@]1(COP(O)(=S)O[C@@H]2[C@@H](F)[C@@H](CO)O[C@H]2n2cnc3c(=O)[nH]c(N)nc32)OCC(O)(n2cnc3c(N)ncnc32)[C@@H]1O. The number of fused-ring (bicyclic) bond motifs is 2. The second kappa shape index (κ2) is 10.7. The van der Waals surface area contributed by atoms with E-state index < -0.39 is 74.1 Å². The van der Waals surface area contributed by atoms with Gasteiger partial charge in [0.1, 0.15) is 30.2 Å². The first kappa shape index (κ1) is 30.4. The molecule has 6 heterocycles. The van der Waals surface area contributed by atoms with E-state index in [0.29, 0.717) is 0 Å². The maximum absolute atomic E-state index is 15.4. The van der Waals surface area contributed by atoms with E-state index in [1.807, 2.05) is 0 Å². The number of aromatic amines is 1. The number of imidazole rings is 2. The second-order valence-electron chi connectivity index (χ2n) is 9.93. The summed E-state index contributed by atoms with van der Waals surface area (Å²) < 4.78 is 39.8. The number of aliphatic hydroxyl groups is 3. The zero-order valence-corrected chi connectivity index (χ0v) is 23.9. The standard InChI is InChI=1S/C22H24FN10O9PS/c1-2-21(19(36)22(37,5-39-21)33-8-29-11-14(24)26-6-27-15(11)33)4-40-43(38,44)42-13-10(23)9(3-34)41-18(13)32-7-28-12-16(32)30-20(25)31-17(12)35/h1,6-10,13,18-19,34,36-37H,3-5H2,(H,38,44)(H2,24,26,27)(H3,25,30,31,35)/t9-,10+,13-,18-,19-,21-,22?,43?/m1/s1. The van der Waals surface area contributed by atoms with Gasteiger partial charge in [0, 0.05) is 0 Å². The summed E-state index contributed by atoms with van der Waals surface area (Å²) in [6, 6.07) is 0. The van der Waals surface area contributed by atoms with Crippen molar-refractivity contribution in [2.75, 3.05) is 31.3 Å². The van der Waals surface area contributed by atoms with E-state index in [1.165, 1.54) is 0 Å². The monoisotopic (exact) mass is 654 g/mol. The largest absolute Gasteiger partial charge is 0.394 e. The summed E-state index contributed by atoms with van der Waals surface area (Å²) in [7, 11) is 0. The molecule has 44 heavy (non-hydrogen) atoms. The molecule has 0 bridgehead atoms. The fourth-order valence-corrected chi connectivity index (χ4v) is 6.46. The number of H-pyrrole nitrogens is 1. The van der Waals surface area contributed by atoms with Crippen molar-refractivity contribution in [2.45, 2.75) is 42.0 Å². The first-order chi connectivity index (χ1) is 20.8. The Morgan fingerprint density at radius 2 is 2.02 bits per heavy atom. The lowest BCUT2D eigenvalue weighted by Gasteiger charge is -2.33. The lowest BCUT2D eigenvalue weighted by atomic mass is 9.93. The topological polar surface area (TPSA) is 277 Å². The molecule has 0 aliphatic carbocycles. The summed E-state index contributed by atoms with van der Waals surface area (Å²) in [6.07, 6.45) is 0.484. The lowest BCUT2D eigenvalue weighted by Crippen LogP contribution is -2.52. The summed E-state index contributed by atoms with van der Waals surface area (Å²) in [5.41, 5.74) is 6.40. The molecule has 2 fully saturated rings. The van der Waals surface area contributed by atoms with E-state index in [9.17, 15) is 25.0 Å². The number of halogens is 1. The number of aromatic nitrogens is 8. The molecule has 0 aromatic carbocycles. The third-order valence-electron chi connectivity index (χ3n) is 7.31. The molecule has 22 heteroatoms. The Morgan fingerprint density at radius 3 is 2.75 bits per heavy atom. The first-order valence-electron chi connectivity index (χ1n) is 12.6. The van der Waals surface area contributed by atoms with Crippen LogP contribution in [-0.4, -0.2) is 109 Å². The number of nitrogens with two attached hydrogens (primary N) is 2. The number of hydrogen-bond acceptors (Lipinski definition) is 16. The van der Waals surface area contributed by atoms with Gasteiger partial charge in [-0.2, -0.15) is 4.98 Å². The summed E-state index contributed by atoms with van der Waals surface area (Å²) in [6.45, 7) is -6.65. The van der Waals surface area contributed by atoms with Crippen LogP contribution in [0.15, 0.2) is 23.8 Å². The Labute approximate surface area is 249 Å². The van der Waals surface area contributed by atoms with Crippen molar-refractivity contribution in [1.82, 2.24) is 39.0 Å². The van der Waals surface area contributed by atoms with E-state index in [-0.39, 0.29) is 34.1 Å². The van der Waals surface area contributed by atoms with Crippen molar-refractivity contribution < 1.29 is 43.1 Å². The molecule has 6 rings (SSSR count). The molecule has 0 radical (unpaired) electrons. The van der Waals surface area contributed by atoms with Gasteiger partial charge in [0.2, 0.25) is 5.95 Å². The zero-order chi connectivity index (χ0) is 31.6. The van der Waals surface area contributed by atoms with Gasteiger partial charge < -0.3 is 45.7 Å². The highest BCUT2D eigenvalue weighted by Crippen LogP contribution is 2.52. The van der Waals surface area contributed by atoms with Gasteiger partial charge >= 0.3 is 6.72 Å². The van der Waals surface area contributed by atoms with Crippen LogP contribution in [0.4, 0.5) is 16.2 Å². The summed E-state index contributed by atoms with van der Waals surface area (Å²) in [4.78, 5) is 45.4. The molecule has 2 unspecified atom stereocenters. The maximum atomic E-state index is 15.4. The van der Waals surface area contributed by atoms with Crippen LogP contribution in [0.5, 0.6) is 0 Å². The number of anilines is 2. The molecule has 2 aliphatic heterocycles. The number of nitrogens with one attached hydrogen (secondary N) is 1. The number of rotatable bonds is 8. The molecule has 4 aromatic heterocycles. The fraction of sp³-hybridized carbons (Fsp3) is 0.455. The van der Waals surface area contributed by atoms with Gasteiger partial charge in [-0.15, -0.1) is 6.42 Å². The van der Waals surface area contributed by atoms with E-state index in [1.54, 1.807) is 0 Å². The number of nitrogens with zero attached hydrogens (tertiary/aromatic N) is 7. The van der Waals surface area contributed by atoms with Gasteiger partial charge in [-0.1, -0.05) is 5.92 Å². The molecular weight excluding hydrogens is 630 g/mol. The minimum Gasteiger partial charge on any atom is -0.394 e. The van der Waals surface area contributed by atoms with E-state index in [0.717, 1.165) is 28.1 Å². The predicted molar refractivity (Wildman–Crippen MR) is 149 cm³/mol. The average Bonchev–Trinajstić information content (AvgIpc) is 3.74. The van der Waals surface area contributed by atoms with Gasteiger partial charge in [-0.05, 0) is 11.8 Å². The first-order valence-corrected chi connectivity index (χ1v) is 15.2. The molecule has 19 nitrogen and oxygen atoms in total. The fourth-order valence-electron chi connectivity index (χ4n) is 5.06. The molecule has 9 N–H and O–H groups in total. The molecular formula is C22H24FN10O9PS. The summed E-state index contributed by atoms with van der Waals surface area (Å²) in [5, 5.41) is 32.3. The predicted octanol–water partition coefficient (Wildman–Crippen LogP) is -2.62. The number of aliphatic hydroxyl groups excluding tert-OH is 2. The van der Waals surface area contributed by atoms with Gasteiger partial charge in [0.05, 0.1) is 32.5 Å². The third-order valence-corrected chi connectivity index (χ3v) is 8.85. The Kier molecular flexibility index (Phi) is 7.41. The second-order valence-corrected chi connectivity index (χ2v) is 12.7. The third kappa shape index (κ3) is 4.72. The molecule has 8 atom stereocenters. The van der Waals surface area contributed by atoms with E-state index >= 15 is 4.39 Å². The van der Waals surface area contributed by atoms with Crippen LogP contribution in [0.25, 0.3) is 22.3 Å². The number of alkyl halides is 1. The Bertz CT molecular complexity index is 1900. The minimum absolute atomic E-state index is 0.0222. The van der Waals surface area contributed by atoms with Crippen LogP contribution >= 0.6 is 6.72 Å². The number of ether oxygens (including phenoxy) is 2. The lowest BCUT2D eigenvalue weighted by molar-refractivity contribution is -0.118. The number of hydrogen-bond donors (Lipinski definition) is 7. The molecule has 0 spiro atoms. The summed E-state index contributed by atoms with van der Waals surface area (Å²) in [5.74, 6) is 1.97. The van der Waals surface area contributed by atoms with Gasteiger partial charge in [-0.3, -0.25) is 23.4 Å². The van der Waals surface area contributed by atoms with Crippen molar-refractivity contribution in [3.63, 3.8) is 0 Å².